The van der Waals surface area contributed by atoms with Crippen molar-refractivity contribution in [2.24, 2.45) is 0 Å². The maximum absolute atomic E-state index is 11.5. The van der Waals surface area contributed by atoms with Crippen molar-refractivity contribution in [3.05, 3.63) is 35.9 Å². The molecule has 0 saturated carbocycles. The van der Waals surface area contributed by atoms with Crippen LogP contribution in [0.4, 0.5) is 0 Å². The fourth-order valence-corrected chi connectivity index (χ4v) is 1.55. The summed E-state index contributed by atoms with van der Waals surface area (Å²) < 4.78 is 9.94. The zero-order valence-corrected chi connectivity index (χ0v) is 12.8. The van der Waals surface area contributed by atoms with Crippen molar-refractivity contribution in [2.45, 2.75) is 26.3 Å². The molecular weight excluding hydrogens is 270 g/mol. The lowest BCUT2D eigenvalue weighted by molar-refractivity contribution is -0.144. The number of hydrogen-bond acceptors (Lipinski definition) is 4. The van der Waals surface area contributed by atoms with E-state index < -0.39 is 5.97 Å². The molecular formula is C16H21NO4. The standard InChI is InChI=1S/C16H21NO4/c1-16(2,3)17-14(18)11-21-15(19)9-8-12-6-5-7-13(10-12)20-4/h5-10H,11H2,1-4H3,(H,17,18)/b9-8+. The van der Waals surface area contributed by atoms with Crippen LogP contribution in [0.2, 0.25) is 0 Å². The molecule has 0 heterocycles. The maximum Gasteiger partial charge on any atom is 0.331 e. The minimum Gasteiger partial charge on any atom is -0.497 e. The lowest BCUT2D eigenvalue weighted by Gasteiger charge is -2.20. The quantitative estimate of drug-likeness (QED) is 0.667. The van der Waals surface area contributed by atoms with Crippen LogP contribution in [-0.4, -0.2) is 31.1 Å². The average Bonchev–Trinajstić information content (AvgIpc) is 2.41. The number of amides is 1. The van der Waals surface area contributed by atoms with Gasteiger partial charge >= 0.3 is 5.97 Å². The Morgan fingerprint density at radius 2 is 2.00 bits per heavy atom. The molecule has 0 atom stereocenters. The minimum absolute atomic E-state index is 0.293. The summed E-state index contributed by atoms with van der Waals surface area (Å²) in [4.78, 5) is 23.0. The molecule has 1 amide bonds. The molecule has 0 aromatic heterocycles. The highest BCUT2D eigenvalue weighted by Gasteiger charge is 2.14. The van der Waals surface area contributed by atoms with Gasteiger partial charge in [0.05, 0.1) is 7.11 Å². The van der Waals surface area contributed by atoms with E-state index in [0.717, 1.165) is 5.56 Å². The molecule has 1 aromatic carbocycles. The summed E-state index contributed by atoms with van der Waals surface area (Å²) in [6.45, 7) is 5.28. The Bertz CT molecular complexity index is 529. The summed E-state index contributed by atoms with van der Waals surface area (Å²) in [5.74, 6) is -0.192. The Kier molecular flexibility index (Phi) is 5.96. The van der Waals surface area contributed by atoms with Gasteiger partial charge in [-0.2, -0.15) is 0 Å². The molecule has 1 aromatic rings. The number of carbonyl (C=O) groups is 2. The molecule has 1 N–H and O–H groups in total. The molecule has 114 valence electrons. The third kappa shape index (κ3) is 7.15. The van der Waals surface area contributed by atoms with Gasteiger partial charge in [-0.15, -0.1) is 0 Å². The summed E-state index contributed by atoms with van der Waals surface area (Å²) >= 11 is 0. The minimum atomic E-state index is -0.568. The predicted octanol–water partition coefficient (Wildman–Crippen LogP) is 2.17. The summed E-state index contributed by atoms with van der Waals surface area (Å²) in [6, 6.07) is 7.25. The maximum atomic E-state index is 11.5. The molecule has 0 aliphatic carbocycles. The molecule has 0 aliphatic rings. The molecule has 21 heavy (non-hydrogen) atoms. The van der Waals surface area contributed by atoms with Crippen LogP contribution in [0.5, 0.6) is 5.75 Å². The van der Waals surface area contributed by atoms with Gasteiger partial charge in [-0.05, 0) is 44.5 Å². The van der Waals surface area contributed by atoms with Crippen molar-refractivity contribution < 1.29 is 19.1 Å². The Morgan fingerprint density at radius 3 is 2.62 bits per heavy atom. The van der Waals surface area contributed by atoms with Crippen LogP contribution in [-0.2, 0) is 14.3 Å². The lowest BCUT2D eigenvalue weighted by atomic mass is 10.1. The number of hydrogen-bond donors (Lipinski definition) is 1. The van der Waals surface area contributed by atoms with Crippen molar-refractivity contribution in [3.8, 4) is 5.75 Å². The molecule has 0 spiro atoms. The number of ether oxygens (including phenoxy) is 2. The first-order valence-corrected chi connectivity index (χ1v) is 6.60. The molecule has 5 heteroatoms. The third-order valence-electron chi connectivity index (χ3n) is 2.37. The fraction of sp³-hybridized carbons (Fsp3) is 0.375. The summed E-state index contributed by atoms with van der Waals surface area (Å²) in [7, 11) is 1.57. The normalized spacial score (nSPS) is 11.2. The van der Waals surface area contributed by atoms with Crippen molar-refractivity contribution in [1.29, 1.82) is 0 Å². The van der Waals surface area contributed by atoms with Gasteiger partial charge in [0, 0.05) is 11.6 Å². The molecule has 0 bridgehead atoms. The van der Waals surface area contributed by atoms with Crippen LogP contribution in [0.3, 0.4) is 0 Å². The predicted molar refractivity (Wildman–Crippen MR) is 80.9 cm³/mol. The van der Waals surface area contributed by atoms with E-state index in [1.807, 2.05) is 39.0 Å². The van der Waals surface area contributed by atoms with Gasteiger partial charge in [-0.1, -0.05) is 12.1 Å². The van der Waals surface area contributed by atoms with Crippen LogP contribution in [0.1, 0.15) is 26.3 Å². The second kappa shape index (κ2) is 7.47. The van der Waals surface area contributed by atoms with Gasteiger partial charge in [-0.25, -0.2) is 4.79 Å². The molecule has 0 fully saturated rings. The van der Waals surface area contributed by atoms with Gasteiger partial charge in [-0.3, -0.25) is 4.79 Å². The second-order valence-corrected chi connectivity index (χ2v) is 5.52. The van der Waals surface area contributed by atoms with Gasteiger partial charge in [0.2, 0.25) is 0 Å². The highest BCUT2D eigenvalue weighted by Crippen LogP contribution is 2.13. The van der Waals surface area contributed by atoms with Gasteiger partial charge in [0.15, 0.2) is 6.61 Å². The van der Waals surface area contributed by atoms with Crippen LogP contribution >= 0.6 is 0 Å². The lowest BCUT2D eigenvalue weighted by Crippen LogP contribution is -2.42. The van der Waals surface area contributed by atoms with E-state index in [-0.39, 0.29) is 18.1 Å². The highest BCUT2D eigenvalue weighted by atomic mass is 16.5. The number of nitrogens with one attached hydrogen (secondary N) is 1. The van der Waals surface area contributed by atoms with E-state index in [2.05, 4.69) is 5.32 Å². The number of carbonyl (C=O) groups excluding carboxylic acids is 2. The highest BCUT2D eigenvalue weighted by molar-refractivity contribution is 5.89. The molecule has 0 aliphatic heterocycles. The Labute approximate surface area is 124 Å². The van der Waals surface area contributed by atoms with Crippen molar-refractivity contribution >= 4 is 18.0 Å². The van der Waals surface area contributed by atoms with E-state index in [1.54, 1.807) is 19.3 Å². The summed E-state index contributed by atoms with van der Waals surface area (Å²) in [5.41, 5.74) is 0.463. The fourth-order valence-electron chi connectivity index (χ4n) is 1.55. The Hall–Kier alpha value is -2.30. The van der Waals surface area contributed by atoms with Crippen molar-refractivity contribution in [2.75, 3.05) is 13.7 Å². The largest absolute Gasteiger partial charge is 0.497 e. The molecule has 0 radical (unpaired) electrons. The van der Waals surface area contributed by atoms with Crippen LogP contribution < -0.4 is 10.1 Å². The van der Waals surface area contributed by atoms with Crippen LogP contribution in [0, 0.1) is 0 Å². The molecule has 1 rings (SSSR count). The molecule has 5 nitrogen and oxygen atoms in total. The van der Waals surface area contributed by atoms with Crippen molar-refractivity contribution in [3.63, 3.8) is 0 Å². The van der Waals surface area contributed by atoms with Gasteiger partial charge in [0.25, 0.3) is 5.91 Å². The van der Waals surface area contributed by atoms with Crippen molar-refractivity contribution in [1.82, 2.24) is 5.32 Å². The topological polar surface area (TPSA) is 64.6 Å². The van der Waals surface area contributed by atoms with E-state index in [0.29, 0.717) is 5.75 Å². The molecule has 0 saturated heterocycles. The number of rotatable bonds is 5. The summed E-state index contributed by atoms with van der Waals surface area (Å²) in [5, 5.41) is 2.71. The zero-order valence-electron chi connectivity index (χ0n) is 12.8. The number of benzene rings is 1. The van der Waals surface area contributed by atoms with E-state index >= 15 is 0 Å². The van der Waals surface area contributed by atoms with Gasteiger partial charge in [0.1, 0.15) is 5.75 Å². The molecule has 0 unspecified atom stereocenters. The SMILES string of the molecule is COc1cccc(/C=C/C(=O)OCC(=O)NC(C)(C)C)c1. The zero-order chi connectivity index (χ0) is 15.9. The van der Waals surface area contributed by atoms with E-state index in [4.69, 9.17) is 9.47 Å². The second-order valence-electron chi connectivity index (χ2n) is 5.52. The third-order valence-corrected chi connectivity index (χ3v) is 2.37. The van der Waals surface area contributed by atoms with E-state index in [9.17, 15) is 9.59 Å². The first-order chi connectivity index (χ1) is 9.80. The first kappa shape index (κ1) is 16.8. The summed E-state index contributed by atoms with van der Waals surface area (Å²) in [6.07, 6.45) is 2.88. The van der Waals surface area contributed by atoms with Crippen LogP contribution in [0.15, 0.2) is 30.3 Å². The Morgan fingerprint density at radius 1 is 1.29 bits per heavy atom. The average molecular weight is 291 g/mol. The van der Waals surface area contributed by atoms with E-state index in [1.165, 1.54) is 6.08 Å². The number of esters is 1. The monoisotopic (exact) mass is 291 g/mol. The van der Waals surface area contributed by atoms with Crippen LogP contribution in [0.25, 0.3) is 6.08 Å². The van der Waals surface area contributed by atoms with Gasteiger partial charge < -0.3 is 14.8 Å². The number of methoxy groups -OCH3 is 1. The Balaban J connectivity index is 2.46. The first-order valence-electron chi connectivity index (χ1n) is 6.60. The smallest absolute Gasteiger partial charge is 0.331 e.